The minimum Gasteiger partial charge on any atom is -0.493 e. The molecule has 0 spiro atoms. The average molecular weight is 463 g/mol. The van der Waals surface area contributed by atoms with E-state index in [2.05, 4.69) is 52.7 Å². The Hall–Kier alpha value is -3.22. The van der Waals surface area contributed by atoms with Crippen LogP contribution in [0.4, 0.5) is 5.69 Å². The lowest BCUT2D eigenvalue weighted by molar-refractivity contribution is 0.106. The van der Waals surface area contributed by atoms with Gasteiger partial charge in [0.05, 0.1) is 14.2 Å². The zero-order valence-corrected chi connectivity index (χ0v) is 20.0. The Bertz CT molecular complexity index is 1060. The third-order valence-corrected chi connectivity index (χ3v) is 6.08. The first-order valence-electron chi connectivity index (χ1n) is 11.8. The van der Waals surface area contributed by atoms with Gasteiger partial charge in [0.2, 0.25) is 0 Å². The van der Waals surface area contributed by atoms with Crippen molar-refractivity contribution in [3.63, 3.8) is 0 Å². The van der Waals surface area contributed by atoms with E-state index in [1.165, 1.54) is 16.8 Å². The second-order valence-electron chi connectivity index (χ2n) is 8.59. The Kier molecular flexibility index (Phi) is 8.28. The van der Waals surface area contributed by atoms with Gasteiger partial charge in [0.15, 0.2) is 11.5 Å². The number of rotatable bonds is 11. The lowest BCUT2D eigenvalue weighted by Crippen LogP contribution is -2.31. The first kappa shape index (κ1) is 23.9. The number of aryl methyl sites for hydroxylation is 1. The molecule has 1 unspecified atom stereocenters. The molecule has 34 heavy (non-hydrogen) atoms. The lowest BCUT2D eigenvalue weighted by atomic mass is 10.0. The molecule has 6 nitrogen and oxygen atoms in total. The van der Waals surface area contributed by atoms with Crippen LogP contribution in [-0.4, -0.2) is 45.1 Å². The lowest BCUT2D eigenvalue weighted by Gasteiger charge is -2.31. The Balaban J connectivity index is 1.26. The second-order valence-corrected chi connectivity index (χ2v) is 8.59. The Labute approximate surface area is 202 Å². The molecule has 0 fully saturated rings. The summed E-state index contributed by atoms with van der Waals surface area (Å²) in [4.78, 5) is 2.44. The molecule has 0 saturated carbocycles. The summed E-state index contributed by atoms with van der Waals surface area (Å²) in [6.45, 7) is 3.27. The van der Waals surface area contributed by atoms with E-state index in [0.29, 0.717) is 24.6 Å². The van der Waals surface area contributed by atoms with Gasteiger partial charge in [0.1, 0.15) is 18.5 Å². The van der Waals surface area contributed by atoms with Gasteiger partial charge in [-0.2, -0.15) is 0 Å². The zero-order valence-electron chi connectivity index (χ0n) is 20.0. The molecule has 1 heterocycles. The van der Waals surface area contributed by atoms with Crippen molar-refractivity contribution in [2.24, 2.45) is 0 Å². The second kappa shape index (κ2) is 11.8. The summed E-state index contributed by atoms with van der Waals surface area (Å²) in [5.41, 5.74) is 4.96. The molecule has 1 aliphatic rings. The molecule has 0 saturated heterocycles. The van der Waals surface area contributed by atoms with E-state index in [4.69, 9.17) is 14.2 Å². The smallest absolute Gasteiger partial charge is 0.161 e. The van der Waals surface area contributed by atoms with Gasteiger partial charge in [-0.25, -0.2) is 0 Å². The van der Waals surface area contributed by atoms with Gasteiger partial charge in [-0.1, -0.05) is 36.4 Å². The highest BCUT2D eigenvalue weighted by Crippen LogP contribution is 2.32. The summed E-state index contributed by atoms with van der Waals surface area (Å²) < 4.78 is 16.5. The van der Waals surface area contributed by atoms with Crippen molar-refractivity contribution < 1.29 is 19.3 Å². The highest BCUT2D eigenvalue weighted by Gasteiger charge is 2.18. The molecular weight excluding hydrogens is 428 g/mol. The molecule has 0 bridgehead atoms. The summed E-state index contributed by atoms with van der Waals surface area (Å²) in [5, 5.41) is 13.6. The largest absolute Gasteiger partial charge is 0.493 e. The minimum absolute atomic E-state index is 0.242. The van der Waals surface area contributed by atoms with E-state index < -0.39 is 6.10 Å². The van der Waals surface area contributed by atoms with Crippen molar-refractivity contribution in [1.82, 2.24) is 5.32 Å². The first-order valence-corrected chi connectivity index (χ1v) is 11.8. The Morgan fingerprint density at radius 3 is 2.56 bits per heavy atom. The summed E-state index contributed by atoms with van der Waals surface area (Å²) >= 11 is 0. The third kappa shape index (κ3) is 6.22. The quantitative estimate of drug-likeness (QED) is 0.446. The summed E-state index contributed by atoms with van der Waals surface area (Å²) in [5.74, 6) is 2.20. The number of benzene rings is 3. The molecule has 1 atom stereocenters. The fraction of sp³-hybridized carbons (Fsp3) is 0.357. The van der Waals surface area contributed by atoms with Gasteiger partial charge in [-0.15, -0.1) is 0 Å². The zero-order chi connectivity index (χ0) is 23.8. The van der Waals surface area contributed by atoms with E-state index >= 15 is 0 Å². The molecule has 2 N–H and O–H groups in total. The van der Waals surface area contributed by atoms with Crippen LogP contribution in [0.3, 0.4) is 0 Å². The summed E-state index contributed by atoms with van der Waals surface area (Å²) in [6.07, 6.45) is 1.57. The molecule has 6 heteroatoms. The van der Waals surface area contributed by atoms with Crippen LogP contribution in [0.2, 0.25) is 0 Å². The predicted molar refractivity (Wildman–Crippen MR) is 135 cm³/mol. The van der Waals surface area contributed by atoms with Crippen LogP contribution in [0.25, 0.3) is 0 Å². The van der Waals surface area contributed by atoms with Gasteiger partial charge >= 0.3 is 0 Å². The fourth-order valence-electron chi connectivity index (χ4n) is 4.33. The normalized spacial score (nSPS) is 13.8. The van der Waals surface area contributed by atoms with Gasteiger partial charge in [-0.3, -0.25) is 0 Å². The van der Waals surface area contributed by atoms with Crippen molar-refractivity contribution in [1.29, 1.82) is 0 Å². The number of nitrogens with zero attached hydrogens (tertiary/aromatic N) is 1. The van der Waals surface area contributed by atoms with Gasteiger partial charge in [-0.05, 0) is 59.9 Å². The molecule has 0 radical (unpaired) electrons. The number of aliphatic hydroxyl groups is 1. The summed E-state index contributed by atoms with van der Waals surface area (Å²) in [7, 11) is 3.24. The molecule has 0 aromatic heterocycles. The number of ether oxygens (including phenoxy) is 3. The highest BCUT2D eigenvalue weighted by molar-refractivity contribution is 5.58. The van der Waals surface area contributed by atoms with Gasteiger partial charge in [0, 0.05) is 31.9 Å². The molecule has 4 rings (SSSR count). The van der Waals surface area contributed by atoms with Crippen molar-refractivity contribution >= 4 is 5.69 Å². The van der Waals surface area contributed by atoms with Crippen molar-refractivity contribution in [3.05, 3.63) is 83.4 Å². The maximum Gasteiger partial charge on any atom is 0.161 e. The number of methoxy groups -OCH3 is 2. The Morgan fingerprint density at radius 2 is 1.76 bits per heavy atom. The summed E-state index contributed by atoms with van der Waals surface area (Å²) in [6, 6.07) is 22.6. The molecule has 1 aliphatic heterocycles. The van der Waals surface area contributed by atoms with E-state index in [0.717, 1.165) is 37.2 Å². The van der Waals surface area contributed by atoms with Crippen LogP contribution in [0.5, 0.6) is 17.2 Å². The van der Waals surface area contributed by atoms with Crippen molar-refractivity contribution in [2.75, 3.05) is 38.8 Å². The van der Waals surface area contributed by atoms with Crippen LogP contribution in [0, 0.1) is 0 Å². The maximum atomic E-state index is 10.4. The van der Waals surface area contributed by atoms with Crippen LogP contribution < -0.4 is 24.4 Å². The number of anilines is 1. The predicted octanol–water partition coefficient (Wildman–Crippen LogP) is 4.19. The molecule has 3 aromatic rings. The maximum absolute atomic E-state index is 10.4. The van der Waals surface area contributed by atoms with Crippen LogP contribution >= 0.6 is 0 Å². The Morgan fingerprint density at radius 1 is 0.941 bits per heavy atom. The fourth-order valence-corrected chi connectivity index (χ4v) is 4.33. The van der Waals surface area contributed by atoms with E-state index in [1.807, 2.05) is 24.3 Å². The monoisotopic (exact) mass is 462 g/mol. The topological polar surface area (TPSA) is 63.2 Å². The van der Waals surface area contributed by atoms with E-state index in [1.54, 1.807) is 14.2 Å². The van der Waals surface area contributed by atoms with Gasteiger partial charge < -0.3 is 29.5 Å². The molecule has 0 amide bonds. The number of fused-ring (bicyclic) bond motifs is 1. The molecule has 3 aromatic carbocycles. The first-order chi connectivity index (χ1) is 16.7. The van der Waals surface area contributed by atoms with E-state index in [-0.39, 0.29) is 6.61 Å². The number of hydrogen-bond donors (Lipinski definition) is 2. The SMILES string of the molecule is COc1ccc(CNCC(O)COc2ccc3c(c2)CCCN3Cc2ccccc2)cc1OC. The standard InChI is InChI=1S/C28H34N2O4/c1-32-27-13-10-22(15-28(27)33-2)17-29-18-24(31)20-34-25-11-12-26-23(16-25)9-6-14-30(26)19-21-7-4-3-5-8-21/h3-5,7-8,10-13,15-16,24,29,31H,6,9,14,17-20H2,1-2H3. The van der Waals surface area contributed by atoms with Crippen molar-refractivity contribution in [2.45, 2.75) is 32.0 Å². The van der Waals surface area contributed by atoms with E-state index in [9.17, 15) is 5.11 Å². The molecule has 0 aliphatic carbocycles. The highest BCUT2D eigenvalue weighted by atomic mass is 16.5. The van der Waals surface area contributed by atoms with Crippen LogP contribution in [-0.2, 0) is 19.5 Å². The van der Waals surface area contributed by atoms with Crippen molar-refractivity contribution in [3.8, 4) is 17.2 Å². The van der Waals surface area contributed by atoms with Gasteiger partial charge in [0.25, 0.3) is 0 Å². The average Bonchev–Trinajstić information content (AvgIpc) is 2.88. The third-order valence-electron chi connectivity index (χ3n) is 6.08. The van der Waals surface area contributed by atoms with Crippen LogP contribution in [0.15, 0.2) is 66.7 Å². The van der Waals surface area contributed by atoms with Crippen LogP contribution in [0.1, 0.15) is 23.1 Å². The molecule has 180 valence electrons. The molecular formula is C28H34N2O4. The minimum atomic E-state index is -0.606. The number of aliphatic hydroxyl groups excluding tert-OH is 1. The number of nitrogens with one attached hydrogen (secondary N) is 1. The number of hydrogen-bond acceptors (Lipinski definition) is 6.